The second-order valence-electron chi connectivity index (χ2n) is 5.26. The molecule has 1 heteroatoms. The smallest absolute Gasteiger partial charge is 0.0127 e. The van der Waals surface area contributed by atoms with E-state index < -0.39 is 0 Å². The molecule has 2 fully saturated rings. The normalized spacial score (nSPS) is 40.1. The molecule has 2 bridgehead atoms. The van der Waals surface area contributed by atoms with Crippen LogP contribution in [0.4, 0.5) is 0 Å². The topological polar surface area (TPSA) is 3.24 Å². The van der Waals surface area contributed by atoms with Gasteiger partial charge in [0, 0.05) is 18.1 Å². The second-order valence-corrected chi connectivity index (χ2v) is 5.26. The zero-order chi connectivity index (χ0) is 10.1. The third-order valence-corrected chi connectivity index (χ3v) is 4.55. The van der Waals surface area contributed by atoms with Crippen LogP contribution in [-0.4, -0.2) is 23.0 Å². The number of fused-ring (bicyclic) bond motifs is 2. The van der Waals surface area contributed by atoms with Gasteiger partial charge in [-0.15, -0.1) is 0 Å². The average molecular weight is 195 g/mol. The summed E-state index contributed by atoms with van der Waals surface area (Å²) in [6.07, 6.45) is 8.64. The summed E-state index contributed by atoms with van der Waals surface area (Å²) in [4.78, 5) is 2.86. The van der Waals surface area contributed by atoms with Crippen LogP contribution in [0.1, 0.15) is 59.3 Å². The van der Waals surface area contributed by atoms with Gasteiger partial charge in [0.15, 0.2) is 0 Å². The first kappa shape index (κ1) is 10.5. The Labute approximate surface area is 88.9 Å². The Morgan fingerprint density at radius 3 is 2.71 bits per heavy atom. The maximum absolute atomic E-state index is 2.86. The van der Waals surface area contributed by atoms with E-state index in [2.05, 4.69) is 25.7 Å². The minimum atomic E-state index is 0.813. The highest BCUT2D eigenvalue weighted by molar-refractivity contribution is 4.97. The zero-order valence-corrected chi connectivity index (χ0v) is 10.00. The van der Waals surface area contributed by atoms with E-state index in [4.69, 9.17) is 0 Å². The SMILES string of the molecule is CCC(C)N1[C@@H]2CCC[C@@H](C2)[C@H]1CC. The van der Waals surface area contributed by atoms with Crippen LogP contribution < -0.4 is 0 Å². The Kier molecular flexibility index (Phi) is 3.16. The van der Waals surface area contributed by atoms with E-state index >= 15 is 0 Å². The first-order chi connectivity index (χ1) is 6.77. The van der Waals surface area contributed by atoms with Crippen molar-refractivity contribution in [3.63, 3.8) is 0 Å². The van der Waals surface area contributed by atoms with E-state index in [-0.39, 0.29) is 0 Å². The third-order valence-electron chi connectivity index (χ3n) is 4.55. The van der Waals surface area contributed by atoms with Crippen LogP contribution in [0.3, 0.4) is 0 Å². The van der Waals surface area contributed by atoms with E-state index in [0.717, 1.165) is 24.0 Å². The molecular formula is C13H25N. The molecule has 82 valence electrons. The van der Waals surface area contributed by atoms with Gasteiger partial charge in [0.1, 0.15) is 0 Å². The molecule has 2 aliphatic rings. The summed E-state index contributed by atoms with van der Waals surface area (Å²) in [6.45, 7) is 7.13. The van der Waals surface area contributed by atoms with Crippen molar-refractivity contribution in [3.8, 4) is 0 Å². The molecule has 4 atom stereocenters. The molecule has 1 nitrogen and oxygen atoms in total. The lowest BCUT2D eigenvalue weighted by Crippen LogP contribution is -2.42. The van der Waals surface area contributed by atoms with Crippen molar-refractivity contribution in [3.05, 3.63) is 0 Å². The molecule has 1 heterocycles. The molecule has 1 saturated heterocycles. The van der Waals surface area contributed by atoms with Crippen LogP contribution in [0.5, 0.6) is 0 Å². The van der Waals surface area contributed by atoms with Crippen molar-refractivity contribution < 1.29 is 0 Å². The first-order valence-corrected chi connectivity index (χ1v) is 6.55. The molecule has 0 N–H and O–H groups in total. The summed E-state index contributed by atoms with van der Waals surface area (Å²) < 4.78 is 0. The fourth-order valence-corrected chi connectivity index (χ4v) is 3.78. The monoisotopic (exact) mass is 195 g/mol. The number of hydrogen-bond donors (Lipinski definition) is 0. The van der Waals surface area contributed by atoms with Gasteiger partial charge in [-0.3, -0.25) is 4.90 Å². The van der Waals surface area contributed by atoms with Gasteiger partial charge in [-0.2, -0.15) is 0 Å². The minimum absolute atomic E-state index is 0.813. The number of likely N-dealkylation sites (tertiary alicyclic amines) is 1. The van der Waals surface area contributed by atoms with E-state index in [9.17, 15) is 0 Å². The Morgan fingerprint density at radius 2 is 2.07 bits per heavy atom. The molecule has 2 rings (SSSR count). The number of rotatable bonds is 3. The molecule has 1 aliphatic carbocycles. The Bertz CT molecular complexity index is 190. The summed E-state index contributed by atoms with van der Waals surface area (Å²) in [7, 11) is 0. The van der Waals surface area contributed by atoms with Gasteiger partial charge in [0.2, 0.25) is 0 Å². The molecule has 0 spiro atoms. The molecule has 1 aliphatic heterocycles. The van der Waals surface area contributed by atoms with Gasteiger partial charge < -0.3 is 0 Å². The first-order valence-electron chi connectivity index (χ1n) is 6.55. The standard InChI is InChI=1S/C13H25N/c1-4-10(3)14-12-8-6-7-11(9-12)13(14)5-2/h10-13H,4-9H2,1-3H3/t10?,11-,12+,13+/m0/s1. The molecule has 0 aromatic heterocycles. The fraction of sp³-hybridized carbons (Fsp3) is 1.00. The highest BCUT2D eigenvalue weighted by Crippen LogP contribution is 2.42. The van der Waals surface area contributed by atoms with Gasteiger partial charge in [0.25, 0.3) is 0 Å². The highest BCUT2D eigenvalue weighted by atomic mass is 15.2. The average Bonchev–Trinajstić information content (AvgIpc) is 2.48. The molecule has 0 aromatic rings. The zero-order valence-electron chi connectivity index (χ0n) is 10.00. The Morgan fingerprint density at radius 1 is 1.29 bits per heavy atom. The Hall–Kier alpha value is -0.0400. The van der Waals surface area contributed by atoms with Crippen molar-refractivity contribution in [1.82, 2.24) is 4.90 Å². The van der Waals surface area contributed by atoms with Crippen LogP contribution in [0.25, 0.3) is 0 Å². The minimum Gasteiger partial charge on any atom is -0.295 e. The quantitative estimate of drug-likeness (QED) is 0.667. The van der Waals surface area contributed by atoms with Crippen LogP contribution in [0.15, 0.2) is 0 Å². The molecular weight excluding hydrogens is 170 g/mol. The van der Waals surface area contributed by atoms with Gasteiger partial charge in [-0.1, -0.05) is 20.3 Å². The van der Waals surface area contributed by atoms with Crippen LogP contribution in [0.2, 0.25) is 0 Å². The predicted octanol–water partition coefficient (Wildman–Crippen LogP) is 3.44. The number of hydrogen-bond acceptors (Lipinski definition) is 1. The van der Waals surface area contributed by atoms with Gasteiger partial charge in [0.05, 0.1) is 0 Å². The van der Waals surface area contributed by atoms with Crippen molar-refractivity contribution in [1.29, 1.82) is 0 Å². The number of nitrogens with zero attached hydrogens (tertiary/aromatic N) is 1. The van der Waals surface area contributed by atoms with Gasteiger partial charge in [-0.05, 0) is 44.9 Å². The fourth-order valence-electron chi connectivity index (χ4n) is 3.78. The van der Waals surface area contributed by atoms with E-state index in [0.29, 0.717) is 0 Å². The van der Waals surface area contributed by atoms with Crippen LogP contribution >= 0.6 is 0 Å². The predicted molar refractivity (Wildman–Crippen MR) is 61.4 cm³/mol. The summed E-state index contributed by atoms with van der Waals surface area (Å²) in [5, 5.41) is 0. The van der Waals surface area contributed by atoms with E-state index in [1.165, 1.54) is 38.5 Å². The summed E-state index contributed by atoms with van der Waals surface area (Å²) in [6, 6.07) is 2.67. The largest absolute Gasteiger partial charge is 0.295 e. The molecule has 14 heavy (non-hydrogen) atoms. The maximum atomic E-state index is 2.86. The summed E-state index contributed by atoms with van der Waals surface area (Å²) in [5.74, 6) is 1.03. The van der Waals surface area contributed by atoms with Crippen LogP contribution in [0, 0.1) is 5.92 Å². The van der Waals surface area contributed by atoms with Crippen molar-refractivity contribution in [2.24, 2.45) is 5.92 Å². The molecule has 0 aromatic carbocycles. The van der Waals surface area contributed by atoms with E-state index in [1.54, 1.807) is 0 Å². The molecule has 0 amide bonds. The molecule has 1 unspecified atom stereocenters. The van der Waals surface area contributed by atoms with Crippen molar-refractivity contribution >= 4 is 0 Å². The van der Waals surface area contributed by atoms with Gasteiger partial charge in [-0.25, -0.2) is 0 Å². The summed E-state index contributed by atoms with van der Waals surface area (Å²) >= 11 is 0. The summed E-state index contributed by atoms with van der Waals surface area (Å²) in [5.41, 5.74) is 0. The lowest BCUT2D eigenvalue weighted by atomic mass is 9.86. The second kappa shape index (κ2) is 4.22. The van der Waals surface area contributed by atoms with Gasteiger partial charge >= 0.3 is 0 Å². The van der Waals surface area contributed by atoms with Crippen LogP contribution in [-0.2, 0) is 0 Å². The highest BCUT2D eigenvalue weighted by Gasteiger charge is 2.43. The van der Waals surface area contributed by atoms with Crippen molar-refractivity contribution in [2.75, 3.05) is 0 Å². The maximum Gasteiger partial charge on any atom is 0.0127 e. The van der Waals surface area contributed by atoms with E-state index in [1.807, 2.05) is 0 Å². The lowest BCUT2D eigenvalue weighted by Gasteiger charge is -2.34. The Balaban J connectivity index is 2.12. The molecule has 0 radical (unpaired) electrons. The lowest BCUT2D eigenvalue weighted by molar-refractivity contribution is 0.126. The van der Waals surface area contributed by atoms with Crippen molar-refractivity contribution in [2.45, 2.75) is 77.4 Å². The third kappa shape index (κ3) is 1.60. The molecule has 1 saturated carbocycles.